The second-order valence-corrected chi connectivity index (χ2v) is 9.53. The highest BCUT2D eigenvalue weighted by Crippen LogP contribution is 2.37. The number of aryl methyl sites for hydroxylation is 1. The standard InChI is InChI=1S/C26H31FN2O2/c27-21-9-3-17(4-10-21)5-11-23(15-18-1-2-18)28-22-12-6-19(7-13-22)20-8-14-24-25(16-20)31-26(30)29-24/h3-4,8-10,14,16,18-19,22-23,28H,1-2,5-7,11-13,15H2,(H,29,30). The van der Waals surface area contributed by atoms with Crippen LogP contribution in [0.25, 0.3) is 11.1 Å². The highest BCUT2D eigenvalue weighted by Gasteiger charge is 2.29. The van der Waals surface area contributed by atoms with Crippen LogP contribution >= 0.6 is 0 Å². The molecule has 1 aromatic heterocycles. The quantitative estimate of drug-likeness (QED) is 0.491. The van der Waals surface area contributed by atoms with E-state index in [1.807, 2.05) is 24.3 Å². The lowest BCUT2D eigenvalue weighted by Gasteiger charge is -2.32. The molecule has 5 heteroatoms. The molecule has 164 valence electrons. The molecular formula is C26H31FN2O2. The van der Waals surface area contributed by atoms with Crippen molar-refractivity contribution < 1.29 is 8.81 Å². The van der Waals surface area contributed by atoms with Gasteiger partial charge in [-0.25, -0.2) is 9.18 Å². The van der Waals surface area contributed by atoms with E-state index in [1.54, 1.807) is 12.1 Å². The van der Waals surface area contributed by atoms with Gasteiger partial charge in [-0.1, -0.05) is 31.0 Å². The van der Waals surface area contributed by atoms with Gasteiger partial charge in [0.1, 0.15) is 5.82 Å². The number of nitrogens with one attached hydrogen (secondary N) is 2. The minimum atomic E-state index is -0.387. The molecule has 2 N–H and O–H groups in total. The van der Waals surface area contributed by atoms with E-state index in [2.05, 4.69) is 16.4 Å². The number of halogens is 1. The third-order valence-corrected chi connectivity index (χ3v) is 7.12. The normalized spacial score (nSPS) is 22.6. The van der Waals surface area contributed by atoms with Crippen LogP contribution in [-0.4, -0.2) is 17.1 Å². The largest absolute Gasteiger partial charge is 0.417 e. The Morgan fingerprint density at radius 3 is 2.55 bits per heavy atom. The predicted molar refractivity (Wildman–Crippen MR) is 121 cm³/mol. The molecule has 2 saturated carbocycles. The van der Waals surface area contributed by atoms with Gasteiger partial charge in [0.2, 0.25) is 0 Å². The van der Waals surface area contributed by atoms with Gasteiger partial charge >= 0.3 is 5.76 Å². The van der Waals surface area contributed by atoms with E-state index >= 15 is 0 Å². The molecule has 1 unspecified atom stereocenters. The van der Waals surface area contributed by atoms with Crippen molar-refractivity contribution >= 4 is 11.1 Å². The summed E-state index contributed by atoms with van der Waals surface area (Å²) < 4.78 is 18.4. The number of aromatic nitrogens is 1. The summed E-state index contributed by atoms with van der Waals surface area (Å²) in [4.78, 5) is 14.1. The van der Waals surface area contributed by atoms with E-state index in [1.165, 1.54) is 43.2 Å². The molecule has 3 aromatic rings. The van der Waals surface area contributed by atoms with Crippen molar-refractivity contribution in [3.8, 4) is 0 Å². The lowest BCUT2D eigenvalue weighted by atomic mass is 9.81. The SMILES string of the molecule is O=c1[nH]c2ccc(C3CCC(NC(CCc4ccc(F)cc4)CC4CC4)CC3)cc2o1. The van der Waals surface area contributed by atoms with Gasteiger partial charge in [0, 0.05) is 12.1 Å². The first kappa shape index (κ1) is 20.5. The molecule has 0 aliphatic heterocycles. The van der Waals surface area contributed by atoms with Gasteiger partial charge < -0.3 is 9.73 Å². The van der Waals surface area contributed by atoms with Crippen LogP contribution in [0.1, 0.15) is 68.4 Å². The molecule has 2 aliphatic rings. The second-order valence-electron chi connectivity index (χ2n) is 9.53. The van der Waals surface area contributed by atoms with Gasteiger partial charge in [-0.3, -0.25) is 4.98 Å². The Kier molecular flexibility index (Phi) is 5.95. The van der Waals surface area contributed by atoms with Crippen LogP contribution in [0.2, 0.25) is 0 Å². The Morgan fingerprint density at radius 2 is 1.81 bits per heavy atom. The first-order valence-corrected chi connectivity index (χ1v) is 11.8. The summed E-state index contributed by atoms with van der Waals surface area (Å²) in [5, 5.41) is 3.97. The summed E-state index contributed by atoms with van der Waals surface area (Å²) in [5.74, 6) is 0.877. The zero-order chi connectivity index (χ0) is 21.2. The fourth-order valence-electron chi connectivity index (χ4n) is 5.16. The third-order valence-electron chi connectivity index (χ3n) is 7.12. The first-order valence-electron chi connectivity index (χ1n) is 11.8. The summed E-state index contributed by atoms with van der Waals surface area (Å²) in [6.45, 7) is 0. The lowest BCUT2D eigenvalue weighted by Crippen LogP contribution is -2.41. The Labute approximate surface area is 182 Å². The number of fused-ring (bicyclic) bond motifs is 1. The Hall–Kier alpha value is -2.40. The smallest absolute Gasteiger partial charge is 0.408 e. The number of oxazole rings is 1. The van der Waals surface area contributed by atoms with Crippen molar-refractivity contribution in [1.82, 2.24) is 10.3 Å². The molecule has 0 spiro atoms. The van der Waals surface area contributed by atoms with Crippen molar-refractivity contribution in [3.63, 3.8) is 0 Å². The zero-order valence-corrected chi connectivity index (χ0v) is 17.9. The van der Waals surface area contributed by atoms with Crippen LogP contribution in [0, 0.1) is 11.7 Å². The molecule has 5 rings (SSSR count). The van der Waals surface area contributed by atoms with Gasteiger partial charge in [-0.2, -0.15) is 0 Å². The molecule has 1 heterocycles. The van der Waals surface area contributed by atoms with Crippen molar-refractivity contribution in [1.29, 1.82) is 0 Å². The van der Waals surface area contributed by atoms with Crippen LogP contribution in [0.4, 0.5) is 4.39 Å². The van der Waals surface area contributed by atoms with Gasteiger partial charge in [0.25, 0.3) is 0 Å². The third kappa shape index (κ3) is 5.27. The van der Waals surface area contributed by atoms with Gasteiger partial charge in [0.05, 0.1) is 5.52 Å². The lowest BCUT2D eigenvalue weighted by molar-refractivity contribution is 0.295. The van der Waals surface area contributed by atoms with Crippen LogP contribution in [0.15, 0.2) is 51.7 Å². The molecule has 2 fully saturated rings. The van der Waals surface area contributed by atoms with Crippen LogP contribution < -0.4 is 11.1 Å². The fraction of sp³-hybridized carbons (Fsp3) is 0.500. The molecule has 0 saturated heterocycles. The van der Waals surface area contributed by atoms with E-state index in [9.17, 15) is 9.18 Å². The molecule has 2 aromatic carbocycles. The van der Waals surface area contributed by atoms with Crippen LogP contribution in [0.5, 0.6) is 0 Å². The van der Waals surface area contributed by atoms with Crippen molar-refractivity contribution in [2.45, 2.75) is 75.8 Å². The Bertz CT molecular complexity index is 1060. The van der Waals surface area contributed by atoms with E-state index in [4.69, 9.17) is 4.42 Å². The molecule has 0 radical (unpaired) electrons. The van der Waals surface area contributed by atoms with Crippen LogP contribution in [0.3, 0.4) is 0 Å². The van der Waals surface area contributed by atoms with Gasteiger partial charge in [-0.05, 0) is 92.2 Å². The average Bonchev–Trinajstić information content (AvgIpc) is 3.51. The Morgan fingerprint density at radius 1 is 1.03 bits per heavy atom. The summed E-state index contributed by atoms with van der Waals surface area (Å²) in [7, 11) is 0. The fourth-order valence-corrected chi connectivity index (χ4v) is 5.16. The average molecular weight is 423 g/mol. The molecule has 2 aliphatic carbocycles. The van der Waals surface area contributed by atoms with E-state index in [0.717, 1.165) is 37.1 Å². The van der Waals surface area contributed by atoms with Gasteiger partial charge in [-0.15, -0.1) is 0 Å². The summed E-state index contributed by atoms with van der Waals surface area (Å²) in [6, 6.07) is 14.2. The van der Waals surface area contributed by atoms with Crippen molar-refractivity contribution in [2.75, 3.05) is 0 Å². The van der Waals surface area contributed by atoms with E-state index < -0.39 is 0 Å². The first-order chi connectivity index (χ1) is 15.1. The van der Waals surface area contributed by atoms with E-state index in [-0.39, 0.29) is 11.6 Å². The highest BCUT2D eigenvalue weighted by atomic mass is 19.1. The number of H-pyrrole nitrogens is 1. The van der Waals surface area contributed by atoms with Crippen molar-refractivity contribution in [3.05, 3.63) is 70.0 Å². The maximum Gasteiger partial charge on any atom is 0.417 e. The number of hydrogen-bond donors (Lipinski definition) is 2. The van der Waals surface area contributed by atoms with Crippen molar-refractivity contribution in [2.24, 2.45) is 5.92 Å². The van der Waals surface area contributed by atoms with E-state index in [0.29, 0.717) is 23.6 Å². The summed E-state index contributed by atoms with van der Waals surface area (Å²) >= 11 is 0. The maximum absolute atomic E-state index is 13.2. The molecule has 4 nitrogen and oxygen atoms in total. The second kappa shape index (κ2) is 8.99. The monoisotopic (exact) mass is 422 g/mol. The molecule has 31 heavy (non-hydrogen) atoms. The minimum Gasteiger partial charge on any atom is -0.408 e. The van der Waals surface area contributed by atoms with Gasteiger partial charge in [0.15, 0.2) is 5.58 Å². The topological polar surface area (TPSA) is 58.0 Å². The molecule has 1 atom stereocenters. The predicted octanol–water partition coefficient (Wildman–Crippen LogP) is 5.68. The van der Waals surface area contributed by atoms with Crippen LogP contribution in [-0.2, 0) is 6.42 Å². The molecule has 0 bridgehead atoms. The zero-order valence-electron chi connectivity index (χ0n) is 17.9. The Balaban J connectivity index is 1.16. The molecule has 0 amide bonds. The summed E-state index contributed by atoms with van der Waals surface area (Å²) in [5.41, 5.74) is 3.93. The number of aromatic amines is 1. The molecular weight excluding hydrogens is 391 g/mol. The minimum absolute atomic E-state index is 0.161. The summed E-state index contributed by atoms with van der Waals surface area (Å²) in [6.07, 6.45) is 10.8. The number of benzene rings is 2. The number of hydrogen-bond acceptors (Lipinski definition) is 3. The maximum atomic E-state index is 13.2. The highest BCUT2D eigenvalue weighted by molar-refractivity contribution is 5.72. The number of rotatable bonds is 8.